The molecule has 11 nitrogen and oxygen atoms in total. The molecule has 14 heteroatoms. The second-order valence-corrected chi connectivity index (χ2v) is 19.8. The van der Waals surface area contributed by atoms with Gasteiger partial charge < -0.3 is 29.6 Å². The number of hydrogen-bond donors (Lipinski definition) is 2. The first-order valence-electron chi connectivity index (χ1n) is 15.6. The first-order valence-corrected chi connectivity index (χ1v) is 19.6. The molecular weight excluding hydrogens is 629 g/mol. The van der Waals surface area contributed by atoms with Crippen LogP contribution in [0.15, 0.2) is 30.5 Å². The largest absolute Gasteiger partial charge is 0.444 e. The van der Waals surface area contributed by atoms with Gasteiger partial charge >= 0.3 is 6.09 Å². The molecule has 1 aliphatic rings. The van der Waals surface area contributed by atoms with E-state index in [1.54, 1.807) is 35.9 Å². The Labute approximate surface area is 276 Å². The van der Waals surface area contributed by atoms with Crippen LogP contribution in [0, 0.1) is 18.7 Å². The van der Waals surface area contributed by atoms with Crippen molar-refractivity contribution in [3.8, 4) is 11.4 Å². The Morgan fingerprint density at radius 1 is 1.11 bits per heavy atom. The molecule has 0 bridgehead atoms. The van der Waals surface area contributed by atoms with E-state index in [-0.39, 0.29) is 23.6 Å². The summed E-state index contributed by atoms with van der Waals surface area (Å²) in [7, 11) is -1.32. The van der Waals surface area contributed by atoms with Gasteiger partial charge in [0.05, 0.1) is 17.1 Å². The van der Waals surface area contributed by atoms with Crippen LogP contribution in [-0.4, -0.2) is 71.4 Å². The van der Waals surface area contributed by atoms with Crippen molar-refractivity contribution in [1.29, 1.82) is 0 Å². The third-order valence-electron chi connectivity index (χ3n) is 7.38. The number of alkyl carbamates (subject to hydrolysis) is 1. The molecule has 1 fully saturated rings. The highest BCUT2D eigenvalue weighted by atomic mass is 35.5. The minimum Gasteiger partial charge on any atom is -0.444 e. The van der Waals surface area contributed by atoms with Crippen LogP contribution < -0.4 is 15.5 Å². The van der Waals surface area contributed by atoms with Crippen LogP contribution in [0.4, 0.5) is 20.6 Å². The number of aryl methyl sites for hydroxylation is 1. The van der Waals surface area contributed by atoms with Crippen LogP contribution in [-0.2, 0) is 16.2 Å². The molecule has 1 saturated heterocycles. The van der Waals surface area contributed by atoms with Gasteiger partial charge in [-0.15, -0.1) is 0 Å². The van der Waals surface area contributed by atoms with E-state index in [0.717, 1.165) is 18.9 Å². The Balaban J connectivity index is 1.50. The van der Waals surface area contributed by atoms with Gasteiger partial charge in [-0.25, -0.2) is 24.1 Å². The van der Waals surface area contributed by atoms with Gasteiger partial charge in [0.15, 0.2) is 0 Å². The monoisotopic (exact) mass is 673 g/mol. The van der Waals surface area contributed by atoms with E-state index in [1.165, 1.54) is 6.07 Å². The lowest BCUT2D eigenvalue weighted by molar-refractivity contribution is 0.0516. The predicted octanol–water partition coefficient (Wildman–Crippen LogP) is 6.75. The average Bonchev–Trinajstić information content (AvgIpc) is 3.37. The fraction of sp³-hybridized carbons (Fsp3) is 0.531. The molecule has 4 rings (SSSR count). The van der Waals surface area contributed by atoms with Crippen LogP contribution in [0.3, 0.4) is 0 Å². The Kier molecular flexibility index (Phi) is 11.4. The summed E-state index contributed by atoms with van der Waals surface area (Å²) in [5.74, 6) is -0.159. The van der Waals surface area contributed by atoms with Crippen LogP contribution in [0.2, 0.25) is 30.8 Å². The van der Waals surface area contributed by atoms with E-state index in [9.17, 15) is 9.59 Å². The number of piperidine rings is 1. The number of carbonyl (C=O) groups excluding carboxylic acids is 2. The number of benzene rings is 1. The van der Waals surface area contributed by atoms with E-state index < -0.39 is 31.5 Å². The van der Waals surface area contributed by atoms with E-state index >= 15 is 4.39 Å². The smallest absolute Gasteiger partial charge is 0.407 e. The fourth-order valence-corrected chi connectivity index (χ4v) is 6.02. The highest BCUT2D eigenvalue weighted by molar-refractivity contribution is 6.76. The van der Waals surface area contributed by atoms with Crippen molar-refractivity contribution in [3.05, 3.63) is 53.1 Å². The number of amides is 2. The lowest BCUT2D eigenvalue weighted by Crippen LogP contribution is -2.40. The summed E-state index contributed by atoms with van der Waals surface area (Å²) in [5, 5.41) is 6.00. The number of hydrogen-bond acceptors (Lipinski definition) is 8. The molecule has 2 aromatic heterocycles. The van der Waals surface area contributed by atoms with Crippen molar-refractivity contribution in [1.82, 2.24) is 24.8 Å². The van der Waals surface area contributed by atoms with Crippen molar-refractivity contribution in [3.63, 3.8) is 0 Å². The van der Waals surface area contributed by atoms with Crippen molar-refractivity contribution in [2.45, 2.75) is 78.6 Å². The lowest BCUT2D eigenvalue weighted by Gasteiger charge is -2.35. The fourth-order valence-electron chi connectivity index (χ4n) is 5.04. The molecule has 2 N–H and O–H groups in total. The number of carbonyl (C=O) groups is 2. The van der Waals surface area contributed by atoms with Crippen molar-refractivity contribution < 1.29 is 23.5 Å². The molecule has 0 aliphatic carbocycles. The van der Waals surface area contributed by atoms with E-state index in [4.69, 9.17) is 21.1 Å². The zero-order chi connectivity index (χ0) is 33.6. The van der Waals surface area contributed by atoms with Crippen LogP contribution >= 0.6 is 11.6 Å². The molecule has 46 heavy (non-hydrogen) atoms. The summed E-state index contributed by atoms with van der Waals surface area (Å²) in [6, 6.07) is 7.19. The summed E-state index contributed by atoms with van der Waals surface area (Å²) in [6.45, 7) is 16.3. The maximum absolute atomic E-state index is 15.3. The van der Waals surface area contributed by atoms with Gasteiger partial charge in [-0.3, -0.25) is 4.79 Å². The van der Waals surface area contributed by atoms with Gasteiger partial charge in [0.25, 0.3) is 5.91 Å². The Morgan fingerprint density at radius 3 is 2.48 bits per heavy atom. The second kappa shape index (κ2) is 14.9. The number of anilines is 2. The minimum absolute atomic E-state index is 0.0949. The van der Waals surface area contributed by atoms with Gasteiger partial charge in [-0.05, 0) is 64.6 Å². The predicted molar refractivity (Wildman–Crippen MR) is 181 cm³/mol. The molecule has 2 amide bonds. The summed E-state index contributed by atoms with van der Waals surface area (Å²) < 4.78 is 28.3. The molecule has 3 heterocycles. The lowest BCUT2D eigenvalue weighted by atomic mass is 9.96. The van der Waals surface area contributed by atoms with Crippen molar-refractivity contribution in [2.24, 2.45) is 5.92 Å². The molecule has 0 atom stereocenters. The van der Waals surface area contributed by atoms with Crippen LogP contribution in [0.25, 0.3) is 11.4 Å². The van der Waals surface area contributed by atoms with E-state index in [1.807, 2.05) is 25.7 Å². The van der Waals surface area contributed by atoms with Gasteiger partial charge in [0.1, 0.15) is 34.8 Å². The molecule has 1 aliphatic heterocycles. The van der Waals surface area contributed by atoms with E-state index in [0.29, 0.717) is 54.8 Å². The van der Waals surface area contributed by atoms with Gasteiger partial charge in [0.2, 0.25) is 5.82 Å². The summed E-state index contributed by atoms with van der Waals surface area (Å²) >= 11 is 6.18. The molecule has 0 spiro atoms. The van der Waals surface area contributed by atoms with Crippen molar-refractivity contribution in [2.75, 3.05) is 36.5 Å². The number of aromatic nitrogens is 4. The SMILES string of the molecule is Cc1nc(Cl)cc(-c2cn(COCC[Si](C)(C)C)c(C(=O)Nc3cccc(F)c3N3CCC(CNC(=O)OC(C)(C)C)CC3)n2)n1. The molecule has 0 radical (unpaired) electrons. The summed E-state index contributed by atoms with van der Waals surface area (Å²) in [4.78, 5) is 40.9. The van der Waals surface area contributed by atoms with Gasteiger partial charge in [0, 0.05) is 46.6 Å². The Morgan fingerprint density at radius 2 is 1.83 bits per heavy atom. The normalized spacial score (nSPS) is 14.3. The molecular formula is C32H45ClFN7O4Si. The van der Waals surface area contributed by atoms with Crippen LogP contribution in [0.5, 0.6) is 0 Å². The molecule has 0 unspecified atom stereocenters. The molecule has 250 valence electrons. The number of nitrogens with one attached hydrogen (secondary N) is 2. The molecule has 1 aromatic carbocycles. The first-order chi connectivity index (χ1) is 21.6. The highest BCUT2D eigenvalue weighted by Crippen LogP contribution is 2.33. The number of imidazole rings is 1. The van der Waals surface area contributed by atoms with Gasteiger partial charge in [-0.2, -0.15) is 0 Å². The molecule has 3 aromatic rings. The first kappa shape index (κ1) is 35.3. The number of rotatable bonds is 11. The zero-order valence-corrected chi connectivity index (χ0v) is 29.5. The maximum Gasteiger partial charge on any atom is 0.407 e. The topological polar surface area (TPSA) is 124 Å². The number of halogens is 2. The Hall–Kier alpha value is -3.55. The third-order valence-corrected chi connectivity index (χ3v) is 9.27. The van der Waals surface area contributed by atoms with Crippen LogP contribution in [0.1, 0.15) is 50.1 Å². The average molecular weight is 674 g/mol. The number of para-hydroxylation sites is 1. The van der Waals surface area contributed by atoms with E-state index in [2.05, 4.69) is 45.2 Å². The highest BCUT2D eigenvalue weighted by Gasteiger charge is 2.27. The quantitative estimate of drug-likeness (QED) is 0.130. The number of nitrogens with zero attached hydrogens (tertiary/aromatic N) is 5. The zero-order valence-electron chi connectivity index (χ0n) is 27.7. The minimum atomic E-state index is -1.32. The number of ether oxygens (including phenoxy) is 2. The summed E-state index contributed by atoms with van der Waals surface area (Å²) in [6.07, 6.45) is 2.72. The summed E-state index contributed by atoms with van der Waals surface area (Å²) in [5.41, 5.74) is 1.00. The van der Waals surface area contributed by atoms with Gasteiger partial charge in [-0.1, -0.05) is 37.3 Å². The van der Waals surface area contributed by atoms with Crippen molar-refractivity contribution >= 4 is 43.1 Å². The third kappa shape index (κ3) is 10.2. The Bertz CT molecular complexity index is 1510. The molecule has 0 saturated carbocycles. The maximum atomic E-state index is 15.3. The standard InChI is InChI=1S/C32H45ClFN7O4Si/c1-21-36-25(17-27(33)37-21)26-19-41(20-44-15-16-46(5,6)7)29(38-26)30(42)39-24-10-8-9-23(34)28(24)40-13-11-22(12-14-40)18-35-31(43)45-32(2,3)4/h8-10,17,19,22H,11-16,18,20H2,1-7H3,(H,35,43)(H,39,42). The second-order valence-electron chi connectivity index (χ2n) is 13.8.